The molecule has 3 N–H and O–H groups in total. The van der Waals surface area contributed by atoms with E-state index >= 15 is 0 Å². The summed E-state index contributed by atoms with van der Waals surface area (Å²) in [5, 5.41) is 13.1. The van der Waals surface area contributed by atoms with Crippen LogP contribution in [-0.2, 0) is 4.79 Å². The molecule has 7 heteroatoms. The van der Waals surface area contributed by atoms with Crippen LogP contribution in [0.1, 0.15) is 13.3 Å². The van der Waals surface area contributed by atoms with Gasteiger partial charge in [0.1, 0.15) is 0 Å². The maximum atomic E-state index is 11.7. The highest BCUT2D eigenvalue weighted by molar-refractivity contribution is 5.78. The zero-order chi connectivity index (χ0) is 11.9. The Morgan fingerprint density at radius 2 is 2.07 bits per heavy atom. The van der Waals surface area contributed by atoms with E-state index in [2.05, 4.69) is 5.32 Å². The van der Waals surface area contributed by atoms with Crippen LogP contribution >= 0.6 is 0 Å². The van der Waals surface area contributed by atoms with Gasteiger partial charge in [-0.3, -0.25) is 4.79 Å². The maximum absolute atomic E-state index is 11.7. The number of aliphatic hydroxyl groups is 1. The summed E-state index contributed by atoms with van der Waals surface area (Å²) in [7, 11) is 0. The largest absolute Gasteiger partial charge is 0.401 e. The molecule has 1 amide bonds. The van der Waals surface area contributed by atoms with E-state index in [0.29, 0.717) is 6.42 Å². The summed E-state index contributed by atoms with van der Waals surface area (Å²) in [4.78, 5) is 11.0. The minimum absolute atomic E-state index is 0.221. The molecule has 0 fully saturated rings. The zero-order valence-corrected chi connectivity index (χ0v) is 8.40. The van der Waals surface area contributed by atoms with Crippen LogP contribution in [0, 0.1) is 0 Å². The molecule has 0 saturated carbocycles. The third-order valence-electron chi connectivity index (χ3n) is 1.69. The van der Waals surface area contributed by atoms with Crippen LogP contribution in [0.3, 0.4) is 0 Å². The van der Waals surface area contributed by atoms with Crippen LogP contribution in [0.25, 0.3) is 0 Å². The molecular weight excluding hydrogens is 213 g/mol. The van der Waals surface area contributed by atoms with E-state index in [9.17, 15) is 18.0 Å². The molecule has 0 aliphatic heterocycles. The maximum Gasteiger partial charge on any atom is 0.401 e. The predicted molar refractivity (Wildman–Crippen MR) is 48.2 cm³/mol. The monoisotopic (exact) mass is 228 g/mol. The average Bonchev–Trinajstić information content (AvgIpc) is 2.12. The zero-order valence-electron chi connectivity index (χ0n) is 8.40. The molecule has 0 saturated heterocycles. The van der Waals surface area contributed by atoms with Gasteiger partial charge in [-0.25, -0.2) is 0 Å². The number of carbonyl (C=O) groups is 1. The highest BCUT2D eigenvalue weighted by Gasteiger charge is 2.26. The van der Waals surface area contributed by atoms with Gasteiger partial charge in [-0.05, 0) is 6.42 Å². The summed E-state index contributed by atoms with van der Waals surface area (Å²) >= 11 is 0. The molecule has 0 aliphatic rings. The lowest BCUT2D eigenvalue weighted by Crippen LogP contribution is -2.43. The van der Waals surface area contributed by atoms with E-state index < -0.39 is 31.2 Å². The normalized spacial score (nSPS) is 13.7. The lowest BCUT2D eigenvalue weighted by Gasteiger charge is -2.14. The second kappa shape index (κ2) is 6.62. The number of alkyl halides is 3. The molecule has 0 aliphatic carbocycles. The van der Waals surface area contributed by atoms with Crippen molar-refractivity contribution in [1.82, 2.24) is 10.6 Å². The first-order chi connectivity index (χ1) is 6.89. The molecule has 4 nitrogen and oxygen atoms in total. The molecule has 0 unspecified atom stereocenters. The molecule has 0 spiro atoms. The number of nitrogens with one attached hydrogen (secondary N) is 2. The molecule has 0 bridgehead atoms. The number of rotatable bonds is 6. The van der Waals surface area contributed by atoms with E-state index in [1.807, 2.05) is 5.32 Å². The van der Waals surface area contributed by atoms with Gasteiger partial charge >= 0.3 is 6.18 Å². The summed E-state index contributed by atoms with van der Waals surface area (Å²) in [6.07, 6.45) is -3.79. The Balaban J connectivity index is 3.66. The third kappa shape index (κ3) is 8.19. The van der Waals surface area contributed by atoms with Gasteiger partial charge in [-0.1, -0.05) is 6.92 Å². The highest BCUT2D eigenvalue weighted by atomic mass is 19.4. The Bertz CT molecular complexity index is 193. The van der Waals surface area contributed by atoms with Crippen LogP contribution in [0.2, 0.25) is 0 Å². The summed E-state index contributed by atoms with van der Waals surface area (Å²) in [5.41, 5.74) is 0. The van der Waals surface area contributed by atoms with Gasteiger partial charge in [0.25, 0.3) is 0 Å². The van der Waals surface area contributed by atoms with E-state index in [0.717, 1.165) is 0 Å². The second-order valence-electron chi connectivity index (χ2n) is 3.07. The Hall–Kier alpha value is -0.820. The molecule has 0 heterocycles. The third-order valence-corrected chi connectivity index (χ3v) is 1.69. The Labute approximate surface area is 85.8 Å². The summed E-state index contributed by atoms with van der Waals surface area (Å²) in [5.74, 6) is -0.555. The van der Waals surface area contributed by atoms with Crippen molar-refractivity contribution >= 4 is 5.91 Å². The van der Waals surface area contributed by atoms with Gasteiger partial charge in [-0.2, -0.15) is 13.2 Å². The van der Waals surface area contributed by atoms with Crippen molar-refractivity contribution in [3.63, 3.8) is 0 Å². The Morgan fingerprint density at radius 1 is 1.47 bits per heavy atom. The molecule has 0 aromatic rings. The fourth-order valence-electron chi connectivity index (χ4n) is 0.873. The topological polar surface area (TPSA) is 61.4 Å². The smallest absolute Gasteiger partial charge is 0.394 e. The first-order valence-corrected chi connectivity index (χ1v) is 4.56. The number of aliphatic hydroxyl groups excluding tert-OH is 1. The molecule has 0 rings (SSSR count). The van der Waals surface area contributed by atoms with Crippen molar-refractivity contribution in [1.29, 1.82) is 0 Å². The van der Waals surface area contributed by atoms with Crippen LogP contribution in [0.4, 0.5) is 13.2 Å². The number of amides is 1. The molecule has 0 aromatic carbocycles. The minimum Gasteiger partial charge on any atom is -0.394 e. The van der Waals surface area contributed by atoms with E-state index in [-0.39, 0.29) is 6.61 Å². The van der Waals surface area contributed by atoms with Crippen molar-refractivity contribution in [2.75, 3.05) is 19.7 Å². The van der Waals surface area contributed by atoms with Crippen molar-refractivity contribution < 1.29 is 23.1 Å². The number of hydrogen-bond donors (Lipinski definition) is 3. The van der Waals surface area contributed by atoms with Crippen molar-refractivity contribution in [3.8, 4) is 0 Å². The van der Waals surface area contributed by atoms with Crippen LogP contribution in [0.15, 0.2) is 0 Å². The molecule has 0 radical (unpaired) electrons. The average molecular weight is 228 g/mol. The van der Waals surface area contributed by atoms with Gasteiger partial charge in [-0.15, -0.1) is 0 Å². The fourth-order valence-corrected chi connectivity index (χ4v) is 0.873. The van der Waals surface area contributed by atoms with Crippen molar-refractivity contribution in [3.05, 3.63) is 0 Å². The molecule has 0 aromatic heterocycles. The lowest BCUT2D eigenvalue weighted by atomic mass is 10.2. The molecular formula is C8H15F3N2O2. The fraction of sp³-hybridized carbons (Fsp3) is 0.875. The highest BCUT2D eigenvalue weighted by Crippen LogP contribution is 2.11. The van der Waals surface area contributed by atoms with E-state index in [1.54, 1.807) is 6.92 Å². The first-order valence-electron chi connectivity index (χ1n) is 4.56. The van der Waals surface area contributed by atoms with E-state index in [1.165, 1.54) is 0 Å². The van der Waals surface area contributed by atoms with Gasteiger partial charge in [0, 0.05) is 0 Å². The first kappa shape index (κ1) is 14.2. The summed E-state index contributed by atoms with van der Waals surface area (Å²) in [6.45, 7) is -0.0713. The van der Waals surface area contributed by atoms with Crippen LogP contribution in [0.5, 0.6) is 0 Å². The summed E-state index contributed by atoms with van der Waals surface area (Å²) < 4.78 is 35.0. The molecule has 15 heavy (non-hydrogen) atoms. The molecule has 90 valence electrons. The SMILES string of the molecule is CC[C@@H](CO)NC(=O)CNCC(F)(F)F. The van der Waals surface area contributed by atoms with Gasteiger partial charge in [0.05, 0.1) is 25.7 Å². The summed E-state index contributed by atoms with van der Waals surface area (Å²) in [6, 6.07) is -0.398. The second-order valence-corrected chi connectivity index (χ2v) is 3.07. The minimum atomic E-state index is -4.32. The Kier molecular flexibility index (Phi) is 6.26. The van der Waals surface area contributed by atoms with Gasteiger partial charge in [0.2, 0.25) is 5.91 Å². The van der Waals surface area contributed by atoms with Gasteiger partial charge < -0.3 is 15.7 Å². The van der Waals surface area contributed by atoms with Gasteiger partial charge in [0.15, 0.2) is 0 Å². The van der Waals surface area contributed by atoms with E-state index in [4.69, 9.17) is 5.11 Å². The quantitative estimate of drug-likeness (QED) is 0.601. The number of hydrogen-bond acceptors (Lipinski definition) is 3. The Morgan fingerprint density at radius 3 is 2.47 bits per heavy atom. The molecule has 1 atom stereocenters. The number of halogens is 3. The van der Waals surface area contributed by atoms with Crippen LogP contribution in [-0.4, -0.2) is 42.9 Å². The van der Waals surface area contributed by atoms with Crippen LogP contribution < -0.4 is 10.6 Å². The number of carbonyl (C=O) groups excluding carboxylic acids is 1. The predicted octanol–water partition coefficient (Wildman–Crippen LogP) is 0.0254. The van der Waals surface area contributed by atoms with Crippen molar-refractivity contribution in [2.45, 2.75) is 25.6 Å². The standard InChI is InChI=1S/C8H15F3N2O2/c1-2-6(4-14)13-7(15)3-12-5-8(9,10)11/h6,12,14H,2-5H2,1H3,(H,13,15)/t6-/m0/s1. The van der Waals surface area contributed by atoms with Crippen molar-refractivity contribution in [2.24, 2.45) is 0 Å². The lowest BCUT2D eigenvalue weighted by molar-refractivity contribution is -0.128.